The van der Waals surface area contributed by atoms with Gasteiger partial charge in [0.25, 0.3) is 0 Å². The highest BCUT2D eigenvalue weighted by Crippen LogP contribution is 2.28. The molecule has 1 aliphatic rings. The monoisotopic (exact) mass is 514 g/mol. The van der Waals surface area contributed by atoms with Crippen molar-refractivity contribution in [1.82, 2.24) is 15.2 Å². The number of aliphatic imine (C=N–C) groups is 1. The van der Waals surface area contributed by atoms with E-state index in [-0.39, 0.29) is 24.0 Å². The van der Waals surface area contributed by atoms with Gasteiger partial charge in [0.1, 0.15) is 5.75 Å². The Bertz CT molecular complexity index is 760. The third kappa shape index (κ3) is 5.83. The van der Waals surface area contributed by atoms with Crippen LogP contribution in [0.1, 0.15) is 55.3 Å². The van der Waals surface area contributed by atoms with E-state index < -0.39 is 0 Å². The second-order valence-electron chi connectivity index (χ2n) is 7.21. The van der Waals surface area contributed by atoms with Gasteiger partial charge in [0.05, 0.1) is 24.4 Å². The first-order valence-electron chi connectivity index (χ1n) is 9.72. The number of guanidine groups is 1. The number of likely N-dealkylation sites (tertiary alicyclic amines) is 1. The lowest BCUT2D eigenvalue weighted by atomic mass is 9.98. The van der Waals surface area contributed by atoms with Crippen LogP contribution in [0.2, 0.25) is 0 Å². The minimum Gasteiger partial charge on any atom is -0.497 e. The molecule has 0 aliphatic carbocycles. The second kappa shape index (κ2) is 11.0. The van der Waals surface area contributed by atoms with Crippen LogP contribution in [0.3, 0.4) is 0 Å². The molecule has 0 bridgehead atoms. The number of benzene rings is 1. The van der Waals surface area contributed by atoms with Gasteiger partial charge >= 0.3 is 0 Å². The molecule has 0 saturated carbocycles. The predicted molar refractivity (Wildman–Crippen MR) is 128 cm³/mol. The number of nitrogens with zero attached hydrogens (tertiary/aromatic N) is 3. The molecule has 1 aromatic heterocycles. The van der Waals surface area contributed by atoms with Crippen LogP contribution in [0.5, 0.6) is 5.75 Å². The number of halogens is 1. The molecule has 28 heavy (non-hydrogen) atoms. The lowest BCUT2D eigenvalue weighted by molar-refractivity contribution is 0.414. The van der Waals surface area contributed by atoms with E-state index in [9.17, 15) is 0 Å². The molecule has 1 unspecified atom stereocenters. The van der Waals surface area contributed by atoms with Gasteiger partial charge in [0.15, 0.2) is 5.96 Å². The van der Waals surface area contributed by atoms with Crippen molar-refractivity contribution in [1.29, 1.82) is 0 Å². The predicted octanol–water partition coefficient (Wildman–Crippen LogP) is 4.85. The Balaban J connectivity index is 0.00000280. The molecular formula is C21H31IN4OS. The van der Waals surface area contributed by atoms with Crippen LogP contribution in [-0.2, 0) is 6.54 Å². The molecule has 1 saturated heterocycles. The van der Waals surface area contributed by atoms with Gasteiger partial charge in [-0.05, 0) is 31.0 Å². The van der Waals surface area contributed by atoms with E-state index in [4.69, 9.17) is 14.7 Å². The fraction of sp³-hybridized carbons (Fsp3) is 0.524. The maximum atomic E-state index is 5.27. The number of hydrogen-bond acceptors (Lipinski definition) is 4. The fourth-order valence-corrected chi connectivity index (χ4v) is 4.17. The molecule has 5 nitrogen and oxygen atoms in total. The first kappa shape index (κ1) is 22.9. The molecule has 0 spiro atoms. The number of nitrogens with one attached hydrogen (secondary N) is 1. The van der Waals surface area contributed by atoms with E-state index in [1.54, 1.807) is 18.4 Å². The first-order valence-corrected chi connectivity index (χ1v) is 10.6. The molecule has 1 fully saturated rings. The van der Waals surface area contributed by atoms with Crippen molar-refractivity contribution in [2.75, 3.05) is 26.7 Å². The van der Waals surface area contributed by atoms with Crippen LogP contribution in [0.4, 0.5) is 0 Å². The lowest BCUT2D eigenvalue weighted by Crippen LogP contribution is -2.40. The maximum absolute atomic E-state index is 5.27. The van der Waals surface area contributed by atoms with E-state index in [2.05, 4.69) is 48.5 Å². The molecule has 1 aliphatic heterocycles. The van der Waals surface area contributed by atoms with Crippen LogP contribution in [0, 0.1) is 0 Å². The van der Waals surface area contributed by atoms with Gasteiger partial charge in [-0.2, -0.15) is 0 Å². The normalized spacial score (nSPS) is 17.0. The number of ether oxygens (including phenoxy) is 1. The second-order valence-corrected chi connectivity index (χ2v) is 8.10. The molecule has 1 N–H and O–H groups in total. The smallest absolute Gasteiger partial charge is 0.194 e. The molecule has 1 aromatic carbocycles. The number of rotatable bonds is 6. The van der Waals surface area contributed by atoms with E-state index in [0.717, 1.165) is 43.5 Å². The number of hydrogen-bond donors (Lipinski definition) is 1. The van der Waals surface area contributed by atoms with Crippen molar-refractivity contribution in [3.63, 3.8) is 0 Å². The Morgan fingerprint density at radius 3 is 2.71 bits per heavy atom. The molecule has 3 rings (SSSR count). The zero-order valence-electron chi connectivity index (χ0n) is 17.1. The van der Waals surface area contributed by atoms with Gasteiger partial charge in [0, 0.05) is 36.9 Å². The summed E-state index contributed by atoms with van der Waals surface area (Å²) in [6.07, 6.45) is 1.14. The molecule has 2 heterocycles. The molecule has 0 amide bonds. The molecule has 154 valence electrons. The van der Waals surface area contributed by atoms with E-state index in [0.29, 0.717) is 18.4 Å². The first-order chi connectivity index (χ1) is 13.1. The zero-order chi connectivity index (χ0) is 19.2. The summed E-state index contributed by atoms with van der Waals surface area (Å²) in [5.74, 6) is 2.91. The third-order valence-corrected chi connectivity index (χ3v) is 6.06. The summed E-state index contributed by atoms with van der Waals surface area (Å²) in [5, 5.41) is 6.76. The van der Waals surface area contributed by atoms with Gasteiger partial charge in [-0.25, -0.2) is 9.98 Å². The topological polar surface area (TPSA) is 49.8 Å². The Hall–Kier alpha value is -1.35. The summed E-state index contributed by atoms with van der Waals surface area (Å²) < 4.78 is 5.27. The number of methoxy groups -OCH3 is 1. The highest BCUT2D eigenvalue weighted by Gasteiger charge is 2.26. The standard InChI is InChI=1S/C21H30N4OS.HI/c1-5-22-21(23-12-18-14-27-20(24-18)15(2)3)25-11-10-17(13-25)16-6-8-19(26-4)9-7-16;/h6-9,14-15,17H,5,10-13H2,1-4H3,(H,22,23);1H. The Morgan fingerprint density at radius 1 is 1.36 bits per heavy atom. The zero-order valence-corrected chi connectivity index (χ0v) is 20.3. The summed E-state index contributed by atoms with van der Waals surface area (Å²) in [4.78, 5) is 11.9. The number of thiazole rings is 1. The summed E-state index contributed by atoms with van der Waals surface area (Å²) in [5.41, 5.74) is 2.43. The summed E-state index contributed by atoms with van der Waals surface area (Å²) in [6.45, 7) is 10.0. The van der Waals surface area contributed by atoms with E-state index in [1.807, 2.05) is 12.1 Å². The number of aromatic nitrogens is 1. The van der Waals surface area contributed by atoms with Crippen LogP contribution >= 0.6 is 35.3 Å². The van der Waals surface area contributed by atoms with Crippen molar-refractivity contribution in [3.05, 3.63) is 45.9 Å². The van der Waals surface area contributed by atoms with Crippen LogP contribution in [0.15, 0.2) is 34.6 Å². The quantitative estimate of drug-likeness (QED) is 0.340. The summed E-state index contributed by atoms with van der Waals surface area (Å²) >= 11 is 1.73. The van der Waals surface area contributed by atoms with Crippen LogP contribution < -0.4 is 10.1 Å². The summed E-state index contributed by atoms with van der Waals surface area (Å²) in [6, 6.07) is 8.46. The van der Waals surface area contributed by atoms with Crippen molar-refractivity contribution < 1.29 is 4.74 Å². The Kier molecular flexibility index (Phi) is 9.01. The van der Waals surface area contributed by atoms with Gasteiger partial charge < -0.3 is 15.0 Å². The van der Waals surface area contributed by atoms with Crippen molar-refractivity contribution in [2.45, 2.75) is 45.6 Å². The van der Waals surface area contributed by atoms with Gasteiger partial charge in [0.2, 0.25) is 0 Å². The fourth-order valence-electron chi connectivity index (χ4n) is 3.34. The minimum absolute atomic E-state index is 0. The Morgan fingerprint density at radius 2 is 2.11 bits per heavy atom. The van der Waals surface area contributed by atoms with Crippen LogP contribution in [0.25, 0.3) is 0 Å². The highest BCUT2D eigenvalue weighted by molar-refractivity contribution is 14.0. The molecule has 0 radical (unpaired) electrons. The average molecular weight is 514 g/mol. The average Bonchev–Trinajstić information content (AvgIpc) is 3.35. The maximum Gasteiger partial charge on any atom is 0.194 e. The van der Waals surface area contributed by atoms with Gasteiger partial charge in [-0.15, -0.1) is 35.3 Å². The highest BCUT2D eigenvalue weighted by atomic mass is 127. The lowest BCUT2D eigenvalue weighted by Gasteiger charge is -2.21. The van der Waals surface area contributed by atoms with E-state index >= 15 is 0 Å². The SMILES string of the molecule is CCNC(=NCc1csc(C(C)C)n1)N1CCC(c2ccc(OC)cc2)C1.I. The third-order valence-electron chi connectivity index (χ3n) is 4.86. The van der Waals surface area contributed by atoms with Crippen molar-refractivity contribution in [2.24, 2.45) is 4.99 Å². The van der Waals surface area contributed by atoms with Gasteiger partial charge in [-0.3, -0.25) is 0 Å². The van der Waals surface area contributed by atoms with Crippen molar-refractivity contribution in [3.8, 4) is 5.75 Å². The molecule has 7 heteroatoms. The molecular weight excluding hydrogens is 483 g/mol. The summed E-state index contributed by atoms with van der Waals surface area (Å²) in [7, 11) is 1.71. The van der Waals surface area contributed by atoms with E-state index in [1.165, 1.54) is 10.6 Å². The van der Waals surface area contributed by atoms with Crippen LogP contribution in [-0.4, -0.2) is 42.6 Å². The molecule has 1 atom stereocenters. The largest absolute Gasteiger partial charge is 0.497 e. The Labute approximate surface area is 189 Å². The van der Waals surface area contributed by atoms with Crippen molar-refractivity contribution >= 4 is 41.3 Å². The minimum atomic E-state index is 0. The molecule has 2 aromatic rings. The van der Waals surface area contributed by atoms with Gasteiger partial charge in [-0.1, -0.05) is 26.0 Å².